The molecule has 1 aromatic carbocycles. The van der Waals surface area contributed by atoms with E-state index in [4.69, 9.17) is 5.11 Å². The molecule has 0 fully saturated rings. The highest BCUT2D eigenvalue weighted by molar-refractivity contribution is 5.69. The molecule has 1 aromatic rings. The Bertz CT molecular complexity index is 442. The van der Waals surface area contributed by atoms with Crippen LogP contribution in [0.5, 0.6) is 0 Å². The summed E-state index contributed by atoms with van der Waals surface area (Å²) in [5.41, 5.74) is 3.83. The molecular formula is C16H25NO2. The van der Waals surface area contributed by atoms with Gasteiger partial charge in [-0.3, -0.25) is 9.69 Å². The highest BCUT2D eigenvalue weighted by Crippen LogP contribution is 2.23. The van der Waals surface area contributed by atoms with E-state index in [1.165, 1.54) is 16.7 Å². The van der Waals surface area contributed by atoms with Crippen molar-refractivity contribution < 1.29 is 9.90 Å². The lowest BCUT2D eigenvalue weighted by Gasteiger charge is -2.30. The van der Waals surface area contributed by atoms with Crippen molar-refractivity contribution in [2.45, 2.75) is 40.7 Å². The van der Waals surface area contributed by atoms with Crippen LogP contribution in [0.25, 0.3) is 0 Å². The molecule has 0 amide bonds. The zero-order chi connectivity index (χ0) is 14.6. The number of carboxylic acids is 1. The molecule has 3 nitrogen and oxygen atoms in total. The molecule has 0 aromatic heterocycles. The number of benzene rings is 1. The van der Waals surface area contributed by atoms with Crippen LogP contribution in [-0.2, 0) is 4.79 Å². The van der Waals surface area contributed by atoms with E-state index in [-0.39, 0.29) is 12.0 Å². The largest absolute Gasteiger partial charge is 0.481 e. The first kappa shape index (κ1) is 15.7. The molecule has 0 saturated heterocycles. The van der Waals surface area contributed by atoms with Gasteiger partial charge < -0.3 is 5.11 Å². The molecule has 0 aliphatic heterocycles. The first-order valence-electron chi connectivity index (χ1n) is 6.90. The molecule has 19 heavy (non-hydrogen) atoms. The van der Waals surface area contributed by atoms with Crippen LogP contribution >= 0.6 is 0 Å². The van der Waals surface area contributed by atoms with Gasteiger partial charge >= 0.3 is 5.97 Å². The van der Waals surface area contributed by atoms with Gasteiger partial charge in [-0.2, -0.15) is 0 Å². The molecule has 0 radical (unpaired) electrons. The molecule has 2 atom stereocenters. The van der Waals surface area contributed by atoms with Crippen molar-refractivity contribution in [1.82, 2.24) is 4.90 Å². The van der Waals surface area contributed by atoms with Crippen LogP contribution < -0.4 is 0 Å². The molecule has 0 aliphatic carbocycles. The molecular weight excluding hydrogens is 238 g/mol. The van der Waals surface area contributed by atoms with Crippen molar-refractivity contribution in [3.8, 4) is 0 Å². The second-order valence-electron chi connectivity index (χ2n) is 5.35. The fourth-order valence-electron chi connectivity index (χ4n) is 2.23. The summed E-state index contributed by atoms with van der Waals surface area (Å²) >= 11 is 0. The van der Waals surface area contributed by atoms with E-state index in [0.29, 0.717) is 6.54 Å². The Morgan fingerprint density at radius 3 is 2.37 bits per heavy atom. The van der Waals surface area contributed by atoms with Crippen molar-refractivity contribution in [3.05, 3.63) is 34.9 Å². The smallest absolute Gasteiger partial charge is 0.307 e. The number of hydrogen-bond donors (Lipinski definition) is 1. The van der Waals surface area contributed by atoms with E-state index in [1.807, 2.05) is 0 Å². The van der Waals surface area contributed by atoms with Gasteiger partial charge in [-0.25, -0.2) is 0 Å². The fourth-order valence-corrected chi connectivity index (χ4v) is 2.23. The molecule has 3 heteroatoms. The summed E-state index contributed by atoms with van der Waals surface area (Å²) in [7, 11) is 0. The Kier molecular flexibility index (Phi) is 5.55. The zero-order valence-corrected chi connectivity index (χ0v) is 12.6. The molecule has 0 aliphatic rings. The Morgan fingerprint density at radius 1 is 1.26 bits per heavy atom. The van der Waals surface area contributed by atoms with E-state index in [1.54, 1.807) is 6.92 Å². The first-order valence-corrected chi connectivity index (χ1v) is 6.90. The average molecular weight is 263 g/mol. The predicted octanol–water partition coefficient (Wildman–Crippen LogP) is 3.41. The monoisotopic (exact) mass is 263 g/mol. The normalized spacial score (nSPS) is 14.4. The summed E-state index contributed by atoms with van der Waals surface area (Å²) in [6, 6.07) is 6.72. The SMILES string of the molecule is CCN(CC(C)C(=O)O)C(C)c1ccc(C)c(C)c1. The van der Waals surface area contributed by atoms with E-state index < -0.39 is 5.97 Å². The Balaban J connectivity index is 2.85. The summed E-state index contributed by atoms with van der Waals surface area (Å²) in [6.45, 7) is 11.6. The van der Waals surface area contributed by atoms with Crippen molar-refractivity contribution in [1.29, 1.82) is 0 Å². The molecule has 106 valence electrons. The van der Waals surface area contributed by atoms with Gasteiger partial charge in [-0.1, -0.05) is 32.0 Å². The highest BCUT2D eigenvalue weighted by Gasteiger charge is 2.20. The average Bonchev–Trinajstić information content (AvgIpc) is 2.37. The maximum absolute atomic E-state index is 11.0. The topological polar surface area (TPSA) is 40.5 Å². The quantitative estimate of drug-likeness (QED) is 0.855. The number of rotatable bonds is 6. The van der Waals surface area contributed by atoms with Crippen molar-refractivity contribution >= 4 is 5.97 Å². The lowest BCUT2D eigenvalue weighted by atomic mass is 10.00. The lowest BCUT2D eigenvalue weighted by Crippen LogP contribution is -2.33. The fraction of sp³-hybridized carbons (Fsp3) is 0.562. The maximum atomic E-state index is 11.0. The van der Waals surface area contributed by atoms with E-state index in [2.05, 4.69) is 50.8 Å². The Labute approximate surface area is 116 Å². The Morgan fingerprint density at radius 2 is 1.89 bits per heavy atom. The second-order valence-corrected chi connectivity index (χ2v) is 5.35. The maximum Gasteiger partial charge on any atom is 0.307 e. The predicted molar refractivity (Wildman–Crippen MR) is 78.4 cm³/mol. The third-order valence-corrected chi connectivity index (χ3v) is 3.90. The van der Waals surface area contributed by atoms with Crippen molar-refractivity contribution in [3.63, 3.8) is 0 Å². The highest BCUT2D eigenvalue weighted by atomic mass is 16.4. The Hall–Kier alpha value is -1.35. The molecule has 0 heterocycles. The van der Waals surface area contributed by atoms with Crippen LogP contribution in [-0.4, -0.2) is 29.1 Å². The van der Waals surface area contributed by atoms with E-state index >= 15 is 0 Å². The number of aryl methyl sites for hydroxylation is 2. The summed E-state index contributed by atoms with van der Waals surface area (Å²) < 4.78 is 0. The van der Waals surface area contributed by atoms with Gasteiger partial charge in [0.1, 0.15) is 0 Å². The minimum absolute atomic E-state index is 0.242. The standard InChI is InChI=1S/C16H25NO2/c1-6-17(10-13(4)16(18)19)14(5)15-8-7-11(2)12(3)9-15/h7-9,13-14H,6,10H2,1-5H3,(H,18,19). The number of aliphatic carboxylic acids is 1. The molecule has 1 rings (SSSR count). The minimum atomic E-state index is -0.731. The molecule has 0 spiro atoms. The number of hydrogen-bond acceptors (Lipinski definition) is 2. The van der Waals surface area contributed by atoms with Gasteiger partial charge in [-0.15, -0.1) is 0 Å². The minimum Gasteiger partial charge on any atom is -0.481 e. The van der Waals surface area contributed by atoms with Gasteiger partial charge in [0.15, 0.2) is 0 Å². The van der Waals surface area contributed by atoms with E-state index in [0.717, 1.165) is 6.54 Å². The summed E-state index contributed by atoms with van der Waals surface area (Å²) in [5.74, 6) is -1.07. The zero-order valence-electron chi connectivity index (χ0n) is 12.6. The van der Waals surface area contributed by atoms with Gasteiger partial charge in [-0.05, 0) is 44.0 Å². The van der Waals surface area contributed by atoms with Crippen LogP contribution in [0.3, 0.4) is 0 Å². The van der Waals surface area contributed by atoms with Crippen LogP contribution in [0.1, 0.15) is 43.5 Å². The molecule has 1 N–H and O–H groups in total. The number of carboxylic acid groups (broad SMARTS) is 1. The number of nitrogens with zero attached hydrogens (tertiary/aromatic N) is 1. The van der Waals surface area contributed by atoms with Crippen molar-refractivity contribution in [2.24, 2.45) is 5.92 Å². The molecule has 0 bridgehead atoms. The third kappa shape index (κ3) is 4.06. The van der Waals surface area contributed by atoms with Gasteiger partial charge in [0, 0.05) is 12.6 Å². The van der Waals surface area contributed by atoms with Crippen LogP contribution in [0.2, 0.25) is 0 Å². The van der Waals surface area contributed by atoms with E-state index in [9.17, 15) is 4.79 Å². The van der Waals surface area contributed by atoms with Gasteiger partial charge in [0.05, 0.1) is 5.92 Å². The van der Waals surface area contributed by atoms with Crippen LogP contribution in [0, 0.1) is 19.8 Å². The second kappa shape index (κ2) is 6.71. The molecule has 0 saturated carbocycles. The molecule has 2 unspecified atom stereocenters. The third-order valence-electron chi connectivity index (χ3n) is 3.90. The summed E-state index contributed by atoms with van der Waals surface area (Å²) in [4.78, 5) is 13.2. The lowest BCUT2D eigenvalue weighted by molar-refractivity contribution is -0.141. The first-order chi connectivity index (χ1) is 8.86. The van der Waals surface area contributed by atoms with Gasteiger partial charge in [0.25, 0.3) is 0 Å². The van der Waals surface area contributed by atoms with Crippen molar-refractivity contribution in [2.75, 3.05) is 13.1 Å². The van der Waals surface area contributed by atoms with Crippen LogP contribution in [0.15, 0.2) is 18.2 Å². The summed E-state index contributed by atoms with van der Waals surface area (Å²) in [6.07, 6.45) is 0. The van der Waals surface area contributed by atoms with Crippen LogP contribution in [0.4, 0.5) is 0 Å². The number of carbonyl (C=O) groups is 1. The summed E-state index contributed by atoms with van der Waals surface area (Å²) in [5, 5.41) is 9.03. The van der Waals surface area contributed by atoms with Gasteiger partial charge in [0.2, 0.25) is 0 Å².